The highest BCUT2D eigenvalue weighted by Gasteiger charge is 2.27. The van der Waals surface area contributed by atoms with Gasteiger partial charge in [0.15, 0.2) is 5.01 Å². The van der Waals surface area contributed by atoms with Crippen molar-refractivity contribution in [3.05, 3.63) is 52.7 Å². The fourth-order valence-corrected chi connectivity index (χ4v) is 5.43. The van der Waals surface area contributed by atoms with Crippen LogP contribution >= 0.6 is 11.3 Å². The van der Waals surface area contributed by atoms with Crippen molar-refractivity contribution in [3.63, 3.8) is 0 Å². The van der Waals surface area contributed by atoms with Crippen molar-refractivity contribution in [2.75, 3.05) is 31.1 Å². The van der Waals surface area contributed by atoms with E-state index >= 15 is 0 Å². The molecular weight excluding hydrogens is 415 g/mol. The van der Waals surface area contributed by atoms with E-state index < -0.39 is 0 Å². The van der Waals surface area contributed by atoms with Crippen molar-refractivity contribution < 1.29 is 4.39 Å². The first-order chi connectivity index (χ1) is 15.2. The first-order valence-corrected chi connectivity index (χ1v) is 11.7. The average Bonchev–Trinajstić information content (AvgIpc) is 3.31. The zero-order valence-electron chi connectivity index (χ0n) is 17.3. The second-order valence-corrected chi connectivity index (χ2v) is 9.10. The van der Waals surface area contributed by atoms with Crippen molar-refractivity contribution in [2.45, 2.75) is 38.1 Å². The van der Waals surface area contributed by atoms with E-state index in [1.54, 1.807) is 18.2 Å². The lowest BCUT2D eigenvalue weighted by Crippen LogP contribution is -2.46. The molecule has 2 aromatic heterocycles. The van der Waals surface area contributed by atoms with Crippen LogP contribution in [0.3, 0.4) is 0 Å². The summed E-state index contributed by atoms with van der Waals surface area (Å²) in [7, 11) is 0. The van der Waals surface area contributed by atoms with Gasteiger partial charge in [-0.15, -0.1) is 10.2 Å². The lowest BCUT2D eigenvalue weighted by molar-refractivity contribution is 0.141. The van der Waals surface area contributed by atoms with Gasteiger partial charge in [0.1, 0.15) is 5.82 Å². The fourth-order valence-electron chi connectivity index (χ4n) is 4.52. The van der Waals surface area contributed by atoms with Gasteiger partial charge < -0.3 is 9.80 Å². The standard InChI is InChI=1S/C22H25FN6OS/c23-19-7-6-17(29-20(30)5-4-10-24-29)15-18(19)21-25-26-22(31-21)28-13-8-16(9-14-28)27-11-2-1-3-12-27/h4-7,10,15-16H,1-3,8-9,11-14H2. The summed E-state index contributed by atoms with van der Waals surface area (Å²) in [6, 6.07) is 8.16. The van der Waals surface area contributed by atoms with Gasteiger partial charge >= 0.3 is 0 Å². The van der Waals surface area contributed by atoms with E-state index in [1.807, 2.05) is 0 Å². The van der Waals surface area contributed by atoms with Gasteiger partial charge in [0, 0.05) is 31.4 Å². The van der Waals surface area contributed by atoms with Gasteiger partial charge in [0.05, 0.1) is 11.3 Å². The Hall–Kier alpha value is -2.65. The van der Waals surface area contributed by atoms with E-state index in [9.17, 15) is 9.18 Å². The fraction of sp³-hybridized carbons (Fsp3) is 0.455. The third kappa shape index (κ3) is 4.24. The molecule has 0 radical (unpaired) electrons. The highest BCUT2D eigenvalue weighted by Crippen LogP contribution is 2.33. The molecule has 2 fully saturated rings. The van der Waals surface area contributed by atoms with Crippen LogP contribution in [-0.4, -0.2) is 57.1 Å². The summed E-state index contributed by atoms with van der Waals surface area (Å²) in [5, 5.41) is 14.0. The molecule has 7 nitrogen and oxygen atoms in total. The maximum atomic E-state index is 14.6. The van der Waals surface area contributed by atoms with Crippen LogP contribution in [0, 0.1) is 5.82 Å². The molecule has 0 atom stereocenters. The third-order valence-electron chi connectivity index (χ3n) is 6.20. The van der Waals surface area contributed by atoms with E-state index in [2.05, 4.69) is 25.1 Å². The van der Waals surface area contributed by atoms with Crippen molar-refractivity contribution in [2.24, 2.45) is 0 Å². The molecule has 5 rings (SSSR count). The van der Waals surface area contributed by atoms with E-state index in [1.165, 1.54) is 66.7 Å². The molecule has 4 heterocycles. The Morgan fingerprint density at radius 2 is 1.81 bits per heavy atom. The molecule has 9 heteroatoms. The molecule has 2 aliphatic rings. The first kappa shape index (κ1) is 20.3. The number of halogens is 1. The third-order valence-corrected chi connectivity index (χ3v) is 7.21. The smallest absolute Gasteiger partial charge is 0.271 e. The van der Waals surface area contributed by atoms with E-state index in [-0.39, 0.29) is 11.4 Å². The number of nitrogens with zero attached hydrogens (tertiary/aromatic N) is 6. The molecule has 0 N–H and O–H groups in total. The summed E-state index contributed by atoms with van der Waals surface area (Å²) >= 11 is 1.39. The van der Waals surface area contributed by atoms with Gasteiger partial charge in [-0.3, -0.25) is 4.79 Å². The van der Waals surface area contributed by atoms with Crippen LogP contribution in [0.1, 0.15) is 32.1 Å². The number of piperidine rings is 2. The predicted octanol–water partition coefficient (Wildman–Crippen LogP) is 3.34. The normalized spacial score (nSPS) is 18.4. The van der Waals surface area contributed by atoms with Crippen molar-refractivity contribution in [1.82, 2.24) is 24.9 Å². The zero-order chi connectivity index (χ0) is 21.2. The molecule has 2 aliphatic heterocycles. The number of benzene rings is 1. The Bertz CT molecular complexity index is 1100. The lowest BCUT2D eigenvalue weighted by atomic mass is 10.0. The van der Waals surface area contributed by atoms with E-state index in [0.717, 1.165) is 31.1 Å². The SMILES string of the molecule is O=c1cccnn1-c1ccc(F)c(-c2nnc(N3CCC(N4CCCCC4)CC3)s2)c1. The van der Waals surface area contributed by atoms with E-state index in [4.69, 9.17) is 0 Å². The second kappa shape index (κ2) is 8.84. The Morgan fingerprint density at radius 1 is 1.00 bits per heavy atom. The molecule has 31 heavy (non-hydrogen) atoms. The minimum atomic E-state index is -0.390. The molecule has 3 aromatic rings. The van der Waals surface area contributed by atoms with Gasteiger partial charge in [0.2, 0.25) is 5.13 Å². The summed E-state index contributed by atoms with van der Waals surface area (Å²) in [6.07, 6.45) is 7.77. The Balaban J connectivity index is 1.32. The molecule has 0 aliphatic carbocycles. The lowest BCUT2D eigenvalue weighted by Gasteiger charge is -2.40. The number of anilines is 1. The maximum Gasteiger partial charge on any atom is 0.271 e. The molecule has 0 spiro atoms. The van der Waals surface area contributed by atoms with Crippen LogP contribution < -0.4 is 10.5 Å². The Morgan fingerprint density at radius 3 is 2.58 bits per heavy atom. The average molecular weight is 441 g/mol. The Kier molecular flexibility index (Phi) is 5.78. The summed E-state index contributed by atoms with van der Waals surface area (Å²) < 4.78 is 15.8. The van der Waals surface area contributed by atoms with Crippen LogP contribution in [0.4, 0.5) is 9.52 Å². The van der Waals surface area contributed by atoms with Crippen LogP contribution in [0.25, 0.3) is 16.3 Å². The highest BCUT2D eigenvalue weighted by molar-refractivity contribution is 7.18. The molecule has 162 valence electrons. The minimum Gasteiger partial charge on any atom is -0.347 e. The molecular formula is C22H25FN6OS. The zero-order valence-corrected chi connectivity index (χ0v) is 18.1. The predicted molar refractivity (Wildman–Crippen MR) is 119 cm³/mol. The van der Waals surface area contributed by atoms with E-state index in [0.29, 0.717) is 22.3 Å². The van der Waals surface area contributed by atoms with Gasteiger partial charge in [0.25, 0.3) is 5.56 Å². The molecule has 0 unspecified atom stereocenters. The summed E-state index contributed by atoms with van der Waals surface area (Å²) in [5.41, 5.74) is 0.567. The summed E-state index contributed by atoms with van der Waals surface area (Å²) in [6.45, 7) is 4.34. The number of hydrogen-bond donors (Lipinski definition) is 0. The quantitative estimate of drug-likeness (QED) is 0.620. The molecule has 0 saturated carbocycles. The number of hydrogen-bond acceptors (Lipinski definition) is 7. The number of likely N-dealkylation sites (tertiary alicyclic amines) is 1. The monoisotopic (exact) mass is 440 g/mol. The summed E-state index contributed by atoms with van der Waals surface area (Å²) in [5.74, 6) is -0.390. The minimum absolute atomic E-state index is 0.269. The van der Waals surface area contributed by atoms with Gasteiger partial charge in [-0.2, -0.15) is 9.78 Å². The topological polar surface area (TPSA) is 67.2 Å². The van der Waals surface area contributed by atoms with Crippen LogP contribution in [-0.2, 0) is 0 Å². The molecule has 2 saturated heterocycles. The van der Waals surface area contributed by atoms with Crippen molar-refractivity contribution >= 4 is 16.5 Å². The highest BCUT2D eigenvalue weighted by atomic mass is 32.1. The van der Waals surface area contributed by atoms with Crippen LogP contribution in [0.2, 0.25) is 0 Å². The second-order valence-electron chi connectivity index (χ2n) is 8.14. The van der Waals surface area contributed by atoms with Crippen LogP contribution in [0.15, 0.2) is 41.3 Å². The largest absolute Gasteiger partial charge is 0.347 e. The maximum absolute atomic E-state index is 14.6. The van der Waals surface area contributed by atoms with Gasteiger partial charge in [-0.05, 0) is 63.0 Å². The molecule has 0 amide bonds. The molecule has 1 aromatic carbocycles. The van der Waals surface area contributed by atoms with Gasteiger partial charge in [-0.25, -0.2) is 4.39 Å². The van der Waals surface area contributed by atoms with Gasteiger partial charge in [-0.1, -0.05) is 17.8 Å². The number of rotatable bonds is 4. The van der Waals surface area contributed by atoms with Crippen molar-refractivity contribution in [3.8, 4) is 16.3 Å². The summed E-state index contributed by atoms with van der Waals surface area (Å²) in [4.78, 5) is 17.0. The first-order valence-electron chi connectivity index (χ1n) is 10.9. The number of aromatic nitrogens is 4. The van der Waals surface area contributed by atoms with Crippen LogP contribution in [0.5, 0.6) is 0 Å². The Labute approximate surface area is 184 Å². The molecule has 0 bridgehead atoms. The van der Waals surface area contributed by atoms with Crippen molar-refractivity contribution in [1.29, 1.82) is 0 Å².